The fourth-order valence-electron chi connectivity index (χ4n) is 3.27. The molecule has 148 valence electrons. The number of carbonyl (C=O) groups excluding carboxylic acids is 1. The van der Waals surface area contributed by atoms with Gasteiger partial charge in [-0.3, -0.25) is 10.1 Å². The van der Waals surface area contributed by atoms with Gasteiger partial charge in [-0.05, 0) is 25.1 Å². The lowest BCUT2D eigenvalue weighted by Gasteiger charge is -2.11. The first kappa shape index (κ1) is 19.3. The number of nitrogens with zero attached hydrogens (tertiary/aromatic N) is 1. The molecule has 0 radical (unpaired) electrons. The molecular formula is C21H18ClN3O3S. The molecule has 1 amide bonds. The van der Waals surface area contributed by atoms with Gasteiger partial charge in [0.25, 0.3) is 5.91 Å². The summed E-state index contributed by atoms with van der Waals surface area (Å²) in [6.07, 6.45) is 0. The van der Waals surface area contributed by atoms with Crippen molar-refractivity contribution < 1.29 is 14.3 Å². The quantitative estimate of drug-likeness (QED) is 0.439. The van der Waals surface area contributed by atoms with Crippen LogP contribution < -0.4 is 14.8 Å². The molecule has 4 aromatic rings. The molecule has 0 unspecified atom stereocenters. The third-order valence-electron chi connectivity index (χ3n) is 4.57. The Morgan fingerprint density at radius 1 is 1.21 bits per heavy atom. The van der Waals surface area contributed by atoms with Gasteiger partial charge in [-0.15, -0.1) is 11.3 Å². The van der Waals surface area contributed by atoms with E-state index in [0.717, 1.165) is 27.9 Å². The van der Waals surface area contributed by atoms with Crippen molar-refractivity contribution in [2.24, 2.45) is 0 Å². The van der Waals surface area contributed by atoms with E-state index in [1.54, 1.807) is 6.07 Å². The van der Waals surface area contributed by atoms with E-state index < -0.39 is 0 Å². The number of aromatic nitrogens is 2. The molecule has 0 aliphatic carbocycles. The van der Waals surface area contributed by atoms with Crippen molar-refractivity contribution in [3.05, 3.63) is 58.1 Å². The van der Waals surface area contributed by atoms with Gasteiger partial charge in [0.2, 0.25) is 0 Å². The number of benzene rings is 2. The number of nitrogens with one attached hydrogen (secondary N) is 2. The Kier molecular flexibility index (Phi) is 5.17. The second kappa shape index (κ2) is 7.77. The smallest absolute Gasteiger partial charge is 0.257 e. The summed E-state index contributed by atoms with van der Waals surface area (Å²) >= 11 is 7.57. The maximum absolute atomic E-state index is 12.7. The van der Waals surface area contributed by atoms with E-state index in [1.807, 2.05) is 30.5 Å². The summed E-state index contributed by atoms with van der Waals surface area (Å²) in [7, 11) is 2.99. The maximum atomic E-state index is 12.7. The number of methoxy groups -OCH3 is 2. The molecule has 2 N–H and O–H groups in total. The van der Waals surface area contributed by atoms with E-state index in [1.165, 1.54) is 31.6 Å². The molecule has 0 saturated heterocycles. The second-order valence-electron chi connectivity index (χ2n) is 6.36. The first-order valence-corrected chi connectivity index (χ1v) is 10.0. The van der Waals surface area contributed by atoms with Gasteiger partial charge in [0.05, 0.1) is 24.9 Å². The first-order valence-electron chi connectivity index (χ1n) is 8.78. The Hall–Kier alpha value is -3.03. The summed E-state index contributed by atoms with van der Waals surface area (Å²) in [4.78, 5) is 20.7. The van der Waals surface area contributed by atoms with Gasteiger partial charge >= 0.3 is 0 Å². The molecule has 0 aliphatic rings. The van der Waals surface area contributed by atoms with Crippen LogP contribution in [-0.4, -0.2) is 30.1 Å². The first-order chi connectivity index (χ1) is 14.0. The van der Waals surface area contributed by atoms with Gasteiger partial charge in [-0.1, -0.05) is 29.8 Å². The van der Waals surface area contributed by atoms with Crippen LogP contribution in [0.3, 0.4) is 0 Å². The third kappa shape index (κ3) is 3.54. The number of anilines is 1. The standard InChI is InChI=1S/C21H18ClN3O3S/c1-11-18(13-6-4-5-7-15(13)23-11)16-10-29-21(24-16)25-20(26)12-8-14(22)19(28-3)17(9-12)27-2/h4-10,23H,1-3H3,(H,24,25,26). The molecule has 0 fully saturated rings. The highest BCUT2D eigenvalue weighted by atomic mass is 35.5. The monoisotopic (exact) mass is 427 g/mol. The van der Waals surface area contributed by atoms with Gasteiger partial charge in [-0.2, -0.15) is 0 Å². The van der Waals surface area contributed by atoms with Gasteiger partial charge in [0.15, 0.2) is 16.6 Å². The summed E-state index contributed by atoms with van der Waals surface area (Å²) in [5.74, 6) is 0.445. The van der Waals surface area contributed by atoms with Crippen LogP contribution in [0.15, 0.2) is 41.8 Å². The highest BCUT2D eigenvalue weighted by Gasteiger charge is 2.18. The Balaban J connectivity index is 1.62. The lowest BCUT2D eigenvalue weighted by molar-refractivity contribution is 0.102. The van der Waals surface area contributed by atoms with Crippen LogP contribution in [0.4, 0.5) is 5.13 Å². The number of hydrogen-bond donors (Lipinski definition) is 2. The van der Waals surface area contributed by atoms with Crippen LogP contribution in [0.5, 0.6) is 11.5 Å². The predicted octanol–water partition coefficient (Wildman–Crippen LogP) is 5.52. The highest BCUT2D eigenvalue weighted by molar-refractivity contribution is 7.14. The van der Waals surface area contributed by atoms with Gasteiger partial charge in [0.1, 0.15) is 0 Å². The maximum Gasteiger partial charge on any atom is 0.257 e. The highest BCUT2D eigenvalue weighted by Crippen LogP contribution is 2.37. The van der Waals surface area contributed by atoms with Crippen molar-refractivity contribution >= 4 is 44.9 Å². The van der Waals surface area contributed by atoms with E-state index in [9.17, 15) is 4.79 Å². The Morgan fingerprint density at radius 3 is 2.76 bits per heavy atom. The van der Waals surface area contributed by atoms with Gasteiger partial charge in [-0.25, -0.2) is 4.98 Å². The van der Waals surface area contributed by atoms with Gasteiger partial charge < -0.3 is 14.5 Å². The number of halogens is 1. The number of aryl methyl sites for hydroxylation is 1. The van der Waals surface area contributed by atoms with Crippen LogP contribution in [-0.2, 0) is 0 Å². The molecule has 0 bridgehead atoms. The van der Waals surface area contributed by atoms with Crippen LogP contribution in [0.2, 0.25) is 5.02 Å². The summed E-state index contributed by atoms with van der Waals surface area (Å²) in [6.45, 7) is 2.01. The third-order valence-corrected chi connectivity index (χ3v) is 5.61. The van der Waals surface area contributed by atoms with Crippen LogP contribution in [0, 0.1) is 6.92 Å². The number of amides is 1. The molecular weight excluding hydrogens is 410 g/mol. The minimum Gasteiger partial charge on any atom is -0.493 e. The average molecular weight is 428 g/mol. The number of carbonyl (C=O) groups is 1. The number of fused-ring (bicyclic) bond motifs is 1. The summed E-state index contributed by atoms with van der Waals surface area (Å²) < 4.78 is 10.5. The number of rotatable bonds is 5. The van der Waals surface area contributed by atoms with E-state index >= 15 is 0 Å². The largest absolute Gasteiger partial charge is 0.493 e. The SMILES string of the molecule is COc1cc(C(=O)Nc2nc(-c3c(C)[nH]c4ccccc34)cs2)cc(Cl)c1OC. The normalized spacial score (nSPS) is 10.9. The lowest BCUT2D eigenvalue weighted by atomic mass is 10.1. The van der Waals surface area contributed by atoms with Crippen molar-refractivity contribution in [1.82, 2.24) is 9.97 Å². The number of ether oxygens (including phenoxy) is 2. The average Bonchev–Trinajstić information content (AvgIpc) is 3.29. The summed E-state index contributed by atoms with van der Waals surface area (Å²) in [5.41, 5.74) is 4.28. The summed E-state index contributed by atoms with van der Waals surface area (Å²) in [5, 5.41) is 6.65. The lowest BCUT2D eigenvalue weighted by Crippen LogP contribution is -2.12. The molecule has 29 heavy (non-hydrogen) atoms. The number of H-pyrrole nitrogens is 1. The van der Waals surface area contributed by atoms with Crippen molar-refractivity contribution in [3.8, 4) is 22.8 Å². The topological polar surface area (TPSA) is 76.2 Å². The van der Waals surface area contributed by atoms with Crippen LogP contribution in [0.1, 0.15) is 16.1 Å². The van der Waals surface area contributed by atoms with Crippen LogP contribution in [0.25, 0.3) is 22.2 Å². The number of thiazole rings is 1. The van der Waals surface area contributed by atoms with Crippen molar-refractivity contribution in [3.63, 3.8) is 0 Å². The minimum absolute atomic E-state index is 0.297. The zero-order valence-electron chi connectivity index (χ0n) is 16.0. The fourth-order valence-corrected chi connectivity index (χ4v) is 4.26. The van der Waals surface area contributed by atoms with Crippen molar-refractivity contribution in [2.75, 3.05) is 19.5 Å². The van der Waals surface area contributed by atoms with E-state index in [4.69, 9.17) is 21.1 Å². The molecule has 2 aromatic heterocycles. The number of aromatic amines is 1. The molecule has 2 aromatic carbocycles. The molecule has 0 spiro atoms. The second-order valence-corrected chi connectivity index (χ2v) is 7.62. The Labute approximate surface area is 176 Å². The van der Waals surface area contributed by atoms with Crippen molar-refractivity contribution in [2.45, 2.75) is 6.92 Å². The molecule has 2 heterocycles. The van der Waals surface area contributed by atoms with Crippen LogP contribution >= 0.6 is 22.9 Å². The molecule has 4 rings (SSSR count). The Morgan fingerprint density at radius 2 is 2.00 bits per heavy atom. The van der Waals surface area contributed by atoms with Gasteiger partial charge in [0, 0.05) is 33.1 Å². The fraction of sp³-hybridized carbons (Fsp3) is 0.143. The van der Waals surface area contributed by atoms with E-state index in [2.05, 4.69) is 21.4 Å². The van der Waals surface area contributed by atoms with Crippen molar-refractivity contribution in [1.29, 1.82) is 0 Å². The van der Waals surface area contributed by atoms with E-state index in [-0.39, 0.29) is 5.91 Å². The number of hydrogen-bond acceptors (Lipinski definition) is 5. The molecule has 0 atom stereocenters. The molecule has 0 saturated carbocycles. The predicted molar refractivity (Wildman–Crippen MR) is 117 cm³/mol. The number of para-hydroxylation sites is 1. The molecule has 8 heteroatoms. The summed E-state index contributed by atoms with van der Waals surface area (Å²) in [6, 6.07) is 11.2. The zero-order valence-corrected chi connectivity index (χ0v) is 17.6. The molecule has 0 aliphatic heterocycles. The Bertz CT molecular complexity index is 1220. The zero-order chi connectivity index (χ0) is 20.5. The molecule has 6 nitrogen and oxygen atoms in total. The minimum atomic E-state index is -0.329. The van der Waals surface area contributed by atoms with E-state index in [0.29, 0.717) is 27.2 Å².